The van der Waals surface area contributed by atoms with E-state index in [0.29, 0.717) is 11.4 Å². The molecule has 0 saturated carbocycles. The fraction of sp³-hybridized carbons (Fsp3) is 0.333. The molecular weight excluding hydrogens is 423 g/mol. The number of nitrogens with one attached hydrogen (secondary N) is 1. The molecule has 0 bridgehead atoms. The molecule has 0 aliphatic carbocycles. The first-order chi connectivity index (χ1) is 14.5. The van der Waals surface area contributed by atoms with Crippen molar-refractivity contribution in [2.24, 2.45) is 5.92 Å². The molecule has 1 heterocycles. The van der Waals surface area contributed by atoms with Crippen molar-refractivity contribution in [2.45, 2.75) is 11.3 Å². The summed E-state index contributed by atoms with van der Waals surface area (Å²) in [5, 5.41) is 2.76. The molecule has 2 aromatic carbocycles. The zero-order valence-electron chi connectivity index (χ0n) is 17.8. The molecule has 1 atom stereocenters. The van der Waals surface area contributed by atoms with Crippen molar-refractivity contribution in [2.75, 3.05) is 49.9 Å². The number of para-hydroxylation sites is 1. The lowest BCUT2D eigenvalue weighted by molar-refractivity contribution is -0.122. The molecule has 1 aliphatic rings. The monoisotopic (exact) mass is 448 g/mol. The highest BCUT2D eigenvalue weighted by Gasteiger charge is 2.36. The maximum Gasteiger partial charge on any atom is 0.242 e. The second kappa shape index (κ2) is 8.64. The van der Waals surface area contributed by atoms with Crippen molar-refractivity contribution in [1.82, 2.24) is 4.31 Å². The molecule has 1 fully saturated rings. The molecule has 31 heavy (non-hydrogen) atoms. The summed E-state index contributed by atoms with van der Waals surface area (Å²) in [6.45, 7) is 0.0403. The molecule has 2 amide bonds. The van der Waals surface area contributed by atoms with Crippen LogP contribution >= 0.6 is 0 Å². The number of benzene rings is 2. The van der Waals surface area contributed by atoms with Gasteiger partial charge in [0.1, 0.15) is 5.82 Å². The van der Waals surface area contributed by atoms with E-state index in [1.54, 1.807) is 31.1 Å². The van der Waals surface area contributed by atoms with Gasteiger partial charge >= 0.3 is 0 Å². The largest absolute Gasteiger partial charge is 0.376 e. The highest BCUT2D eigenvalue weighted by molar-refractivity contribution is 7.89. The quantitative estimate of drug-likeness (QED) is 0.731. The molecule has 3 rings (SSSR count). The lowest BCUT2D eigenvalue weighted by Gasteiger charge is -2.21. The number of anilines is 3. The maximum atomic E-state index is 14.1. The Hall–Kier alpha value is -2.98. The Morgan fingerprint density at radius 2 is 1.81 bits per heavy atom. The van der Waals surface area contributed by atoms with Crippen LogP contribution in [0, 0.1) is 11.7 Å². The van der Waals surface area contributed by atoms with Crippen molar-refractivity contribution >= 4 is 38.9 Å². The number of hydrogen-bond donors (Lipinski definition) is 1. The fourth-order valence-electron chi connectivity index (χ4n) is 3.40. The third-order valence-corrected chi connectivity index (χ3v) is 6.94. The van der Waals surface area contributed by atoms with Gasteiger partial charge in [0.15, 0.2) is 0 Å². The van der Waals surface area contributed by atoms with E-state index in [1.807, 2.05) is 0 Å². The van der Waals surface area contributed by atoms with E-state index in [9.17, 15) is 22.4 Å². The second-order valence-corrected chi connectivity index (χ2v) is 9.86. The Morgan fingerprint density at radius 1 is 1.13 bits per heavy atom. The highest BCUT2D eigenvalue weighted by Crippen LogP contribution is 2.31. The summed E-state index contributed by atoms with van der Waals surface area (Å²) < 4.78 is 40.2. The molecule has 10 heteroatoms. The fourth-order valence-corrected chi connectivity index (χ4v) is 4.33. The zero-order valence-corrected chi connectivity index (χ0v) is 18.6. The van der Waals surface area contributed by atoms with Crippen LogP contribution in [0.3, 0.4) is 0 Å². The van der Waals surface area contributed by atoms with Crippen LogP contribution in [0.4, 0.5) is 21.5 Å². The Labute approximate surface area is 181 Å². The average molecular weight is 449 g/mol. The van der Waals surface area contributed by atoms with Gasteiger partial charge in [-0.2, -0.15) is 0 Å². The van der Waals surface area contributed by atoms with E-state index in [-0.39, 0.29) is 29.5 Å². The van der Waals surface area contributed by atoms with Crippen LogP contribution in [0.15, 0.2) is 47.4 Å². The van der Waals surface area contributed by atoms with Gasteiger partial charge < -0.3 is 15.1 Å². The Balaban J connectivity index is 1.86. The van der Waals surface area contributed by atoms with Crippen molar-refractivity contribution in [3.8, 4) is 0 Å². The standard InChI is InChI=1S/C21H25FN4O4S/c1-24(2)19-10-9-15(31(29,30)25(3)4)12-17(19)23-21(28)14-11-20(27)26(13-14)18-8-6-5-7-16(18)22/h5-10,12,14H,11,13H2,1-4H3,(H,23,28). The van der Waals surface area contributed by atoms with E-state index in [4.69, 9.17) is 0 Å². The van der Waals surface area contributed by atoms with E-state index < -0.39 is 27.7 Å². The third kappa shape index (κ3) is 4.54. The summed E-state index contributed by atoms with van der Waals surface area (Å²) in [7, 11) is 2.69. The first kappa shape index (κ1) is 22.7. The van der Waals surface area contributed by atoms with Gasteiger partial charge in [0.05, 0.1) is 27.9 Å². The van der Waals surface area contributed by atoms with E-state index in [1.165, 1.54) is 49.3 Å². The molecular formula is C21H25FN4O4S. The Morgan fingerprint density at radius 3 is 2.42 bits per heavy atom. The summed E-state index contributed by atoms with van der Waals surface area (Å²) in [6, 6.07) is 10.4. The maximum absolute atomic E-state index is 14.1. The van der Waals surface area contributed by atoms with Crippen LogP contribution in [0.2, 0.25) is 0 Å². The van der Waals surface area contributed by atoms with Crippen LogP contribution in [-0.4, -0.2) is 59.3 Å². The molecule has 1 aliphatic heterocycles. The minimum absolute atomic E-state index is 0.0360. The minimum Gasteiger partial charge on any atom is -0.376 e. The molecule has 166 valence electrons. The van der Waals surface area contributed by atoms with Gasteiger partial charge in [-0.15, -0.1) is 0 Å². The summed E-state index contributed by atoms with van der Waals surface area (Å²) in [5.41, 5.74) is 1.06. The lowest BCUT2D eigenvalue weighted by atomic mass is 10.1. The van der Waals surface area contributed by atoms with Crippen LogP contribution in [0.25, 0.3) is 0 Å². The molecule has 0 radical (unpaired) electrons. The van der Waals surface area contributed by atoms with E-state index >= 15 is 0 Å². The van der Waals surface area contributed by atoms with Gasteiger partial charge in [-0.1, -0.05) is 12.1 Å². The number of sulfonamides is 1. The van der Waals surface area contributed by atoms with E-state index in [0.717, 1.165) is 4.31 Å². The van der Waals surface area contributed by atoms with Crippen molar-refractivity contribution < 1.29 is 22.4 Å². The second-order valence-electron chi connectivity index (χ2n) is 7.71. The van der Waals surface area contributed by atoms with Gasteiger partial charge in [0, 0.05) is 41.2 Å². The highest BCUT2D eigenvalue weighted by atomic mass is 32.2. The summed E-state index contributed by atoms with van der Waals surface area (Å²) in [5.74, 6) is -2.01. The predicted octanol–water partition coefficient (Wildman–Crippen LogP) is 2.13. The molecule has 1 saturated heterocycles. The Kier molecular flexibility index (Phi) is 6.33. The number of halogens is 1. The zero-order chi connectivity index (χ0) is 22.9. The third-order valence-electron chi connectivity index (χ3n) is 5.13. The molecule has 0 spiro atoms. The van der Waals surface area contributed by atoms with Gasteiger partial charge in [0.25, 0.3) is 0 Å². The molecule has 8 nitrogen and oxygen atoms in total. The number of carbonyl (C=O) groups is 2. The smallest absolute Gasteiger partial charge is 0.242 e. The molecule has 2 aromatic rings. The van der Waals surface area contributed by atoms with Crippen molar-refractivity contribution in [3.63, 3.8) is 0 Å². The van der Waals surface area contributed by atoms with E-state index in [2.05, 4.69) is 5.32 Å². The van der Waals surface area contributed by atoms with Crippen LogP contribution in [0.5, 0.6) is 0 Å². The first-order valence-corrected chi connectivity index (χ1v) is 11.1. The van der Waals surface area contributed by atoms with Gasteiger partial charge in [-0.25, -0.2) is 17.1 Å². The first-order valence-electron chi connectivity index (χ1n) is 9.62. The number of carbonyl (C=O) groups excluding carboxylic acids is 2. The number of hydrogen-bond acceptors (Lipinski definition) is 5. The summed E-state index contributed by atoms with van der Waals surface area (Å²) >= 11 is 0. The summed E-state index contributed by atoms with van der Waals surface area (Å²) in [6.07, 6.45) is -0.0623. The van der Waals surface area contributed by atoms with Crippen molar-refractivity contribution in [3.05, 3.63) is 48.3 Å². The van der Waals surface area contributed by atoms with Crippen LogP contribution < -0.4 is 15.1 Å². The topological polar surface area (TPSA) is 90.0 Å². The van der Waals surface area contributed by atoms with Crippen LogP contribution in [0.1, 0.15) is 6.42 Å². The number of nitrogens with zero attached hydrogens (tertiary/aromatic N) is 3. The predicted molar refractivity (Wildman–Crippen MR) is 117 cm³/mol. The van der Waals surface area contributed by atoms with Gasteiger partial charge in [-0.05, 0) is 30.3 Å². The average Bonchev–Trinajstić information content (AvgIpc) is 3.09. The summed E-state index contributed by atoms with van der Waals surface area (Å²) in [4.78, 5) is 28.4. The van der Waals surface area contributed by atoms with Crippen molar-refractivity contribution in [1.29, 1.82) is 0 Å². The number of rotatable bonds is 6. The normalized spacial score (nSPS) is 16.6. The Bertz CT molecular complexity index is 1120. The van der Waals surface area contributed by atoms with Gasteiger partial charge in [-0.3, -0.25) is 9.59 Å². The lowest BCUT2D eigenvalue weighted by Crippen LogP contribution is -2.29. The molecule has 1 unspecified atom stereocenters. The van der Waals surface area contributed by atoms with Gasteiger partial charge in [0.2, 0.25) is 21.8 Å². The van der Waals surface area contributed by atoms with Crippen LogP contribution in [-0.2, 0) is 19.6 Å². The molecule has 0 aromatic heterocycles. The minimum atomic E-state index is -3.70. The SMILES string of the molecule is CN(C)c1ccc(S(=O)(=O)N(C)C)cc1NC(=O)C1CC(=O)N(c2ccccc2F)C1. The number of amides is 2. The molecule has 1 N–H and O–H groups in total.